The van der Waals surface area contributed by atoms with Gasteiger partial charge in [-0.05, 0) is 48.0 Å². The minimum Gasteiger partial charge on any atom is -0.493 e. The van der Waals surface area contributed by atoms with Crippen molar-refractivity contribution in [3.05, 3.63) is 72.3 Å². The highest BCUT2D eigenvalue weighted by Crippen LogP contribution is 2.40. The molecule has 0 fully saturated rings. The van der Waals surface area contributed by atoms with E-state index in [1.807, 2.05) is 24.3 Å². The Morgan fingerprint density at radius 1 is 0.879 bits per heavy atom. The Labute approximate surface area is 190 Å². The Balaban J connectivity index is 1.48. The van der Waals surface area contributed by atoms with Crippen molar-refractivity contribution < 1.29 is 19.0 Å². The van der Waals surface area contributed by atoms with Gasteiger partial charge < -0.3 is 19.5 Å². The molecule has 33 heavy (non-hydrogen) atoms. The van der Waals surface area contributed by atoms with E-state index in [0.29, 0.717) is 35.2 Å². The second-order valence-corrected chi connectivity index (χ2v) is 7.05. The van der Waals surface area contributed by atoms with E-state index >= 15 is 0 Å². The smallest absolute Gasteiger partial charge is 0.269 e. The normalized spacial score (nSPS) is 10.5. The number of H-pyrrole nitrogens is 1. The fourth-order valence-electron chi connectivity index (χ4n) is 3.36. The third kappa shape index (κ3) is 4.77. The monoisotopic (exact) mass is 445 g/mol. The zero-order valence-corrected chi connectivity index (χ0v) is 18.5. The number of carbonyl (C=O) groups excluding carboxylic acids is 1. The molecule has 0 atom stereocenters. The number of methoxy groups -OCH3 is 3. The van der Waals surface area contributed by atoms with Crippen LogP contribution in [0.25, 0.3) is 22.5 Å². The van der Waals surface area contributed by atoms with E-state index in [4.69, 9.17) is 14.2 Å². The predicted molar refractivity (Wildman–Crippen MR) is 122 cm³/mol. The van der Waals surface area contributed by atoms with Gasteiger partial charge in [0.1, 0.15) is 5.69 Å². The first-order valence-electron chi connectivity index (χ1n) is 10.1. The molecule has 3 heterocycles. The van der Waals surface area contributed by atoms with E-state index < -0.39 is 0 Å². The summed E-state index contributed by atoms with van der Waals surface area (Å²) in [5, 5.41) is 9.96. The van der Waals surface area contributed by atoms with Gasteiger partial charge in [-0.2, -0.15) is 5.10 Å². The summed E-state index contributed by atoms with van der Waals surface area (Å²) < 4.78 is 16.1. The van der Waals surface area contributed by atoms with Crippen LogP contribution >= 0.6 is 0 Å². The summed E-state index contributed by atoms with van der Waals surface area (Å²) in [6.45, 7) is 0.345. The molecule has 0 bridgehead atoms. The van der Waals surface area contributed by atoms with Crippen LogP contribution in [0.5, 0.6) is 17.2 Å². The topological polar surface area (TPSA) is 111 Å². The summed E-state index contributed by atoms with van der Waals surface area (Å²) in [7, 11) is 4.63. The lowest BCUT2D eigenvalue weighted by atomic mass is 10.1. The van der Waals surface area contributed by atoms with Crippen LogP contribution in [0.1, 0.15) is 16.1 Å². The molecule has 1 amide bonds. The Morgan fingerprint density at radius 3 is 2.27 bits per heavy atom. The quantitative estimate of drug-likeness (QED) is 0.427. The van der Waals surface area contributed by atoms with Crippen LogP contribution < -0.4 is 19.5 Å². The van der Waals surface area contributed by atoms with Crippen LogP contribution in [0.4, 0.5) is 0 Å². The summed E-state index contributed by atoms with van der Waals surface area (Å²) in [5.74, 6) is 1.22. The summed E-state index contributed by atoms with van der Waals surface area (Å²) in [4.78, 5) is 21.1. The summed E-state index contributed by atoms with van der Waals surface area (Å²) in [5.41, 5.74) is 4.33. The van der Waals surface area contributed by atoms with Gasteiger partial charge in [0.25, 0.3) is 5.91 Å². The van der Waals surface area contributed by atoms with Crippen LogP contribution in [0.15, 0.2) is 61.1 Å². The van der Waals surface area contributed by atoms with E-state index in [9.17, 15) is 4.79 Å². The lowest BCUT2D eigenvalue weighted by molar-refractivity contribution is 0.0946. The van der Waals surface area contributed by atoms with E-state index in [1.54, 1.807) is 58.1 Å². The van der Waals surface area contributed by atoms with Gasteiger partial charge in [0.15, 0.2) is 11.5 Å². The number of hydrogen-bond donors (Lipinski definition) is 2. The standard InChI is InChI=1S/C24H23N5O4/c1-31-21-11-17(12-22(32-2)23(21)33-3)19-13-20(29-28-19)24(30)27-14-15-4-9-26-18(10-15)16-5-7-25-8-6-16/h4-13H,14H2,1-3H3,(H,27,30)(H,28,29). The molecular formula is C24H23N5O4. The van der Waals surface area contributed by atoms with Crippen LogP contribution in [-0.2, 0) is 6.54 Å². The lowest BCUT2D eigenvalue weighted by Crippen LogP contribution is -2.23. The molecule has 2 N–H and O–H groups in total. The molecule has 3 aromatic heterocycles. The van der Waals surface area contributed by atoms with Gasteiger partial charge in [0, 0.05) is 36.3 Å². The van der Waals surface area contributed by atoms with E-state index in [2.05, 4.69) is 25.5 Å². The zero-order valence-electron chi connectivity index (χ0n) is 18.5. The van der Waals surface area contributed by atoms with Gasteiger partial charge in [-0.3, -0.25) is 19.9 Å². The highest BCUT2D eigenvalue weighted by Gasteiger charge is 2.17. The van der Waals surface area contributed by atoms with Crippen molar-refractivity contribution in [3.63, 3.8) is 0 Å². The second-order valence-electron chi connectivity index (χ2n) is 7.05. The van der Waals surface area contributed by atoms with Crippen molar-refractivity contribution in [3.8, 4) is 39.8 Å². The molecule has 4 rings (SSSR count). The molecule has 0 saturated carbocycles. The molecule has 0 spiro atoms. The first kappa shape index (κ1) is 21.8. The Kier molecular flexibility index (Phi) is 6.49. The van der Waals surface area contributed by atoms with Crippen LogP contribution in [-0.4, -0.2) is 47.4 Å². The molecule has 168 valence electrons. The van der Waals surface area contributed by atoms with Crippen molar-refractivity contribution in [2.45, 2.75) is 6.54 Å². The summed E-state index contributed by atoms with van der Waals surface area (Å²) in [6, 6.07) is 12.8. The number of benzene rings is 1. The van der Waals surface area contributed by atoms with Crippen molar-refractivity contribution in [2.24, 2.45) is 0 Å². The van der Waals surface area contributed by atoms with Crippen molar-refractivity contribution in [1.29, 1.82) is 0 Å². The first-order chi connectivity index (χ1) is 16.1. The van der Waals surface area contributed by atoms with Crippen LogP contribution in [0, 0.1) is 0 Å². The fourth-order valence-corrected chi connectivity index (χ4v) is 3.36. The van der Waals surface area contributed by atoms with Gasteiger partial charge in [0.2, 0.25) is 5.75 Å². The molecule has 1 aromatic carbocycles. The molecule has 0 aliphatic heterocycles. The maximum Gasteiger partial charge on any atom is 0.269 e. The van der Waals surface area contributed by atoms with Gasteiger partial charge in [-0.15, -0.1) is 0 Å². The van der Waals surface area contributed by atoms with E-state index in [1.165, 1.54) is 0 Å². The van der Waals surface area contributed by atoms with Crippen LogP contribution in [0.3, 0.4) is 0 Å². The largest absolute Gasteiger partial charge is 0.493 e. The van der Waals surface area contributed by atoms with E-state index in [-0.39, 0.29) is 5.91 Å². The first-order valence-corrected chi connectivity index (χ1v) is 10.1. The number of carbonyl (C=O) groups is 1. The maximum atomic E-state index is 12.7. The number of rotatable bonds is 8. The molecule has 4 aromatic rings. The molecular weight excluding hydrogens is 422 g/mol. The number of aromatic nitrogens is 4. The molecule has 0 unspecified atom stereocenters. The summed E-state index contributed by atoms with van der Waals surface area (Å²) in [6.07, 6.45) is 5.15. The number of hydrogen-bond acceptors (Lipinski definition) is 7. The number of nitrogens with one attached hydrogen (secondary N) is 2. The maximum absolute atomic E-state index is 12.7. The SMILES string of the molecule is COc1cc(-c2cc(C(=O)NCc3ccnc(-c4ccncc4)c3)[nH]n2)cc(OC)c1OC. The second kappa shape index (κ2) is 9.82. The minimum absolute atomic E-state index is 0.275. The number of aromatic amines is 1. The highest BCUT2D eigenvalue weighted by molar-refractivity contribution is 5.93. The van der Waals surface area contributed by atoms with Gasteiger partial charge in [-0.1, -0.05) is 0 Å². The molecule has 0 aliphatic carbocycles. The lowest BCUT2D eigenvalue weighted by Gasteiger charge is -2.13. The molecule has 9 nitrogen and oxygen atoms in total. The van der Waals surface area contributed by atoms with Gasteiger partial charge in [0.05, 0.1) is 32.7 Å². The number of ether oxygens (including phenoxy) is 3. The molecule has 9 heteroatoms. The number of pyridine rings is 2. The summed E-state index contributed by atoms with van der Waals surface area (Å²) >= 11 is 0. The third-order valence-electron chi connectivity index (χ3n) is 5.04. The Morgan fingerprint density at radius 2 is 1.61 bits per heavy atom. The Bertz CT molecular complexity index is 1230. The fraction of sp³-hybridized carbons (Fsp3) is 0.167. The van der Waals surface area contributed by atoms with Gasteiger partial charge >= 0.3 is 0 Å². The third-order valence-corrected chi connectivity index (χ3v) is 5.04. The van der Waals surface area contributed by atoms with Crippen molar-refractivity contribution in [2.75, 3.05) is 21.3 Å². The van der Waals surface area contributed by atoms with Gasteiger partial charge in [-0.25, -0.2) is 0 Å². The van der Waals surface area contributed by atoms with Crippen LogP contribution in [0.2, 0.25) is 0 Å². The van der Waals surface area contributed by atoms with E-state index in [0.717, 1.165) is 22.4 Å². The van der Waals surface area contributed by atoms with Crippen molar-refractivity contribution >= 4 is 5.91 Å². The minimum atomic E-state index is -0.275. The molecule has 0 aliphatic rings. The average molecular weight is 445 g/mol. The highest BCUT2D eigenvalue weighted by atomic mass is 16.5. The van der Waals surface area contributed by atoms with Crippen molar-refractivity contribution in [1.82, 2.24) is 25.5 Å². The molecule has 0 saturated heterocycles. The predicted octanol–water partition coefficient (Wildman–Crippen LogP) is 3.49. The zero-order chi connectivity index (χ0) is 23.2. The number of nitrogens with zero attached hydrogens (tertiary/aromatic N) is 3. The Hall–Kier alpha value is -4.40. The molecule has 0 radical (unpaired) electrons. The number of amides is 1. The average Bonchev–Trinajstić information content (AvgIpc) is 3.37.